The largest absolute Gasteiger partial charge is 0.513 e. The van der Waals surface area contributed by atoms with Crippen LogP contribution in [0.3, 0.4) is 0 Å². The number of aliphatic hydroxyl groups excluding tert-OH is 1. The van der Waals surface area contributed by atoms with E-state index in [0.29, 0.717) is 5.76 Å². The van der Waals surface area contributed by atoms with Crippen molar-refractivity contribution in [1.29, 1.82) is 0 Å². The van der Waals surface area contributed by atoms with Gasteiger partial charge in [-0.2, -0.15) is 0 Å². The first-order chi connectivity index (χ1) is 3.63. The Morgan fingerprint density at radius 1 is 1.12 bits per heavy atom. The molecule has 0 aromatic heterocycles. The van der Waals surface area contributed by atoms with Gasteiger partial charge in [0.05, 0.1) is 5.76 Å². The van der Waals surface area contributed by atoms with Gasteiger partial charge in [0.15, 0.2) is 0 Å². The lowest BCUT2D eigenvalue weighted by molar-refractivity contribution is 0.414. The SMILES string of the molecule is CC(C)=C/C=C(/C)O. The third-order valence-electron chi connectivity index (χ3n) is 0.658. The first-order valence-corrected chi connectivity index (χ1v) is 2.63. The van der Waals surface area contributed by atoms with Crippen LogP contribution in [0.2, 0.25) is 0 Å². The fourth-order valence-electron chi connectivity index (χ4n) is 0.287. The molecule has 0 aromatic rings. The van der Waals surface area contributed by atoms with Crippen LogP contribution in [0.25, 0.3) is 0 Å². The summed E-state index contributed by atoms with van der Waals surface area (Å²) >= 11 is 0. The van der Waals surface area contributed by atoms with Crippen molar-refractivity contribution in [2.45, 2.75) is 20.8 Å². The fourth-order valence-corrected chi connectivity index (χ4v) is 0.287. The molecule has 0 radical (unpaired) electrons. The molecule has 0 saturated heterocycles. The van der Waals surface area contributed by atoms with Crippen molar-refractivity contribution in [3.63, 3.8) is 0 Å². The van der Waals surface area contributed by atoms with Gasteiger partial charge in [0.25, 0.3) is 0 Å². The zero-order valence-electron chi connectivity index (χ0n) is 5.60. The zero-order chi connectivity index (χ0) is 6.57. The second-order valence-corrected chi connectivity index (χ2v) is 2.05. The van der Waals surface area contributed by atoms with E-state index in [4.69, 9.17) is 5.11 Å². The van der Waals surface area contributed by atoms with Crippen LogP contribution < -0.4 is 0 Å². The van der Waals surface area contributed by atoms with Gasteiger partial charge in [-0.15, -0.1) is 0 Å². The van der Waals surface area contributed by atoms with Crippen molar-refractivity contribution < 1.29 is 5.11 Å². The van der Waals surface area contributed by atoms with Crippen molar-refractivity contribution in [3.05, 3.63) is 23.5 Å². The molecule has 1 N–H and O–H groups in total. The maximum atomic E-state index is 8.62. The van der Waals surface area contributed by atoms with Crippen LogP contribution in [0, 0.1) is 0 Å². The molecule has 1 nitrogen and oxygen atoms in total. The van der Waals surface area contributed by atoms with Crippen LogP contribution in [-0.2, 0) is 0 Å². The highest BCUT2D eigenvalue weighted by Gasteiger charge is 1.73. The molecular formula is C7H12O. The smallest absolute Gasteiger partial charge is 0.0891 e. The van der Waals surface area contributed by atoms with Gasteiger partial charge in [-0.3, -0.25) is 0 Å². The quantitative estimate of drug-likeness (QED) is 0.408. The lowest BCUT2D eigenvalue weighted by Crippen LogP contribution is -1.66. The Morgan fingerprint density at radius 2 is 1.62 bits per heavy atom. The zero-order valence-corrected chi connectivity index (χ0v) is 5.60. The molecule has 0 aliphatic carbocycles. The van der Waals surface area contributed by atoms with Gasteiger partial charge in [0.1, 0.15) is 0 Å². The highest BCUT2D eigenvalue weighted by Crippen LogP contribution is 1.91. The van der Waals surface area contributed by atoms with E-state index in [9.17, 15) is 0 Å². The van der Waals surface area contributed by atoms with Gasteiger partial charge in [0, 0.05) is 0 Å². The van der Waals surface area contributed by atoms with Gasteiger partial charge in [-0.05, 0) is 26.8 Å². The molecule has 0 bridgehead atoms. The highest BCUT2D eigenvalue weighted by atomic mass is 16.3. The lowest BCUT2D eigenvalue weighted by Gasteiger charge is -1.83. The van der Waals surface area contributed by atoms with E-state index in [1.165, 1.54) is 5.57 Å². The van der Waals surface area contributed by atoms with Crippen molar-refractivity contribution in [2.75, 3.05) is 0 Å². The maximum Gasteiger partial charge on any atom is 0.0891 e. The third-order valence-corrected chi connectivity index (χ3v) is 0.658. The predicted molar refractivity (Wildman–Crippen MR) is 35.8 cm³/mol. The predicted octanol–water partition coefficient (Wildman–Crippen LogP) is 2.41. The normalized spacial score (nSPS) is 11.1. The lowest BCUT2D eigenvalue weighted by atomic mass is 10.3. The van der Waals surface area contributed by atoms with Crippen molar-refractivity contribution in [2.24, 2.45) is 0 Å². The Hall–Kier alpha value is -0.720. The average Bonchev–Trinajstić information content (AvgIpc) is 1.61. The molecule has 0 aliphatic rings. The van der Waals surface area contributed by atoms with Gasteiger partial charge in [-0.1, -0.05) is 11.6 Å². The maximum absolute atomic E-state index is 8.62. The van der Waals surface area contributed by atoms with Crippen LogP contribution in [-0.4, -0.2) is 5.11 Å². The number of aliphatic hydroxyl groups is 1. The van der Waals surface area contributed by atoms with E-state index < -0.39 is 0 Å². The van der Waals surface area contributed by atoms with E-state index in [1.54, 1.807) is 13.0 Å². The van der Waals surface area contributed by atoms with Crippen LogP contribution in [0.1, 0.15) is 20.8 Å². The molecule has 0 aliphatic heterocycles. The van der Waals surface area contributed by atoms with E-state index in [1.807, 2.05) is 19.9 Å². The minimum absolute atomic E-state index is 0.353. The summed E-state index contributed by atoms with van der Waals surface area (Å²) in [5.41, 5.74) is 1.19. The summed E-state index contributed by atoms with van der Waals surface area (Å²) in [5, 5.41) is 8.62. The molecule has 0 aromatic carbocycles. The topological polar surface area (TPSA) is 20.2 Å². The molecular weight excluding hydrogens is 100 g/mol. The van der Waals surface area contributed by atoms with E-state index in [0.717, 1.165) is 0 Å². The van der Waals surface area contributed by atoms with Crippen LogP contribution in [0.4, 0.5) is 0 Å². The van der Waals surface area contributed by atoms with Crippen LogP contribution in [0.15, 0.2) is 23.5 Å². The first-order valence-electron chi connectivity index (χ1n) is 2.63. The summed E-state index contributed by atoms with van der Waals surface area (Å²) in [6.07, 6.45) is 3.55. The standard InChI is InChI=1S/C7H12O/c1-6(2)4-5-7(3)8/h4-5,8H,1-3H3/b7-5-. The monoisotopic (exact) mass is 112 g/mol. The Labute approximate surface area is 50.3 Å². The van der Waals surface area contributed by atoms with Crippen LogP contribution >= 0.6 is 0 Å². The Balaban J connectivity index is 3.76. The summed E-state index contributed by atoms with van der Waals surface area (Å²) in [4.78, 5) is 0. The minimum atomic E-state index is 0.353. The summed E-state index contributed by atoms with van der Waals surface area (Å²) in [6, 6.07) is 0. The van der Waals surface area contributed by atoms with Crippen molar-refractivity contribution in [3.8, 4) is 0 Å². The van der Waals surface area contributed by atoms with Crippen molar-refractivity contribution >= 4 is 0 Å². The first kappa shape index (κ1) is 7.28. The van der Waals surface area contributed by atoms with Gasteiger partial charge >= 0.3 is 0 Å². The molecule has 0 atom stereocenters. The molecule has 0 spiro atoms. The number of hydrogen-bond acceptors (Lipinski definition) is 1. The molecule has 46 valence electrons. The molecule has 8 heavy (non-hydrogen) atoms. The van der Waals surface area contributed by atoms with Gasteiger partial charge < -0.3 is 5.11 Å². The van der Waals surface area contributed by atoms with Crippen LogP contribution in [0.5, 0.6) is 0 Å². The summed E-state index contributed by atoms with van der Waals surface area (Å²) < 4.78 is 0. The Bertz CT molecular complexity index is 96.3. The molecule has 1 heteroatoms. The Morgan fingerprint density at radius 3 is 1.75 bits per heavy atom. The molecule has 0 fully saturated rings. The molecule has 0 saturated carbocycles. The molecule has 0 rings (SSSR count). The minimum Gasteiger partial charge on any atom is -0.513 e. The van der Waals surface area contributed by atoms with Gasteiger partial charge in [0.2, 0.25) is 0 Å². The van der Waals surface area contributed by atoms with E-state index >= 15 is 0 Å². The second kappa shape index (κ2) is 3.30. The average molecular weight is 112 g/mol. The Kier molecular flexibility index (Phi) is 3.01. The molecule has 0 unspecified atom stereocenters. The molecule has 0 amide bonds. The summed E-state index contributed by atoms with van der Waals surface area (Å²) in [5.74, 6) is 0.353. The highest BCUT2D eigenvalue weighted by molar-refractivity contribution is 5.09. The summed E-state index contributed by atoms with van der Waals surface area (Å²) in [7, 11) is 0. The third kappa shape index (κ3) is 5.28. The van der Waals surface area contributed by atoms with E-state index in [-0.39, 0.29) is 0 Å². The number of rotatable bonds is 1. The fraction of sp³-hybridized carbons (Fsp3) is 0.429. The number of allylic oxidation sites excluding steroid dienone is 4. The molecule has 0 heterocycles. The summed E-state index contributed by atoms with van der Waals surface area (Å²) in [6.45, 7) is 5.62. The van der Waals surface area contributed by atoms with Crippen molar-refractivity contribution in [1.82, 2.24) is 0 Å². The van der Waals surface area contributed by atoms with E-state index in [2.05, 4.69) is 0 Å². The number of hydrogen-bond donors (Lipinski definition) is 1. The van der Waals surface area contributed by atoms with Gasteiger partial charge in [-0.25, -0.2) is 0 Å². The second-order valence-electron chi connectivity index (χ2n) is 2.05.